The molecule has 2 amide bonds. The van der Waals surface area contributed by atoms with Crippen LogP contribution in [0.1, 0.15) is 13.3 Å². The molecule has 0 fully saturated rings. The van der Waals surface area contributed by atoms with Gasteiger partial charge in [-0.1, -0.05) is 0 Å². The second-order valence-electron chi connectivity index (χ2n) is 3.93. The topological polar surface area (TPSA) is 122 Å². The molecule has 0 aliphatic heterocycles. The van der Waals surface area contributed by atoms with Crippen LogP contribution in [-0.4, -0.2) is 58.5 Å². The van der Waals surface area contributed by atoms with Gasteiger partial charge in [-0.3, -0.25) is 9.00 Å². The van der Waals surface area contributed by atoms with Crippen molar-refractivity contribution < 1.29 is 28.4 Å². The highest BCUT2D eigenvalue weighted by atomic mass is 32.2. The Kier molecular flexibility index (Phi) is 7.73. The fraction of sp³-hybridized carbons (Fsp3) is 0.700. The van der Waals surface area contributed by atoms with Gasteiger partial charge in [-0.05, 0) is 6.92 Å². The summed E-state index contributed by atoms with van der Waals surface area (Å²) in [6.07, 6.45) is 1.03. The van der Waals surface area contributed by atoms with Crippen molar-refractivity contribution >= 4 is 28.8 Å². The molecule has 3 atom stereocenters. The van der Waals surface area contributed by atoms with Gasteiger partial charge in [-0.25, -0.2) is 9.59 Å². The molecule has 0 aromatic rings. The number of urea groups is 1. The number of carbonyl (C=O) groups is 3. The first-order chi connectivity index (χ1) is 8.76. The largest absolute Gasteiger partial charge is 0.480 e. The molecule has 9 heteroatoms. The highest BCUT2D eigenvalue weighted by Gasteiger charge is 2.24. The molecular formula is C10H18N2O6S. The summed E-state index contributed by atoms with van der Waals surface area (Å²) in [5.41, 5.74) is 0. The van der Waals surface area contributed by atoms with Gasteiger partial charge < -0.3 is 20.5 Å². The highest BCUT2D eigenvalue weighted by molar-refractivity contribution is 7.84. The molecule has 0 radical (unpaired) electrons. The third-order valence-electron chi connectivity index (χ3n) is 2.06. The van der Waals surface area contributed by atoms with Crippen molar-refractivity contribution in [1.82, 2.24) is 10.6 Å². The normalized spacial score (nSPS) is 14.9. The van der Waals surface area contributed by atoms with Gasteiger partial charge in [0.1, 0.15) is 6.04 Å². The van der Waals surface area contributed by atoms with E-state index in [1.54, 1.807) is 6.92 Å². The molecule has 3 N–H and O–H groups in total. The van der Waals surface area contributed by atoms with E-state index in [0.29, 0.717) is 0 Å². The van der Waals surface area contributed by atoms with E-state index in [1.165, 1.54) is 6.26 Å². The lowest BCUT2D eigenvalue weighted by atomic mass is 10.2. The summed E-state index contributed by atoms with van der Waals surface area (Å²) >= 11 is 0. The monoisotopic (exact) mass is 294 g/mol. The second kappa shape index (κ2) is 8.46. The average molecular weight is 294 g/mol. The lowest BCUT2D eigenvalue weighted by molar-refractivity contribution is -0.147. The first kappa shape index (κ1) is 17.4. The molecule has 0 heterocycles. The van der Waals surface area contributed by atoms with E-state index in [1.807, 2.05) is 0 Å². The molecule has 19 heavy (non-hydrogen) atoms. The molecule has 0 aliphatic rings. The van der Waals surface area contributed by atoms with Gasteiger partial charge >= 0.3 is 18.0 Å². The molecule has 0 saturated carbocycles. The van der Waals surface area contributed by atoms with E-state index < -0.39 is 41.2 Å². The van der Waals surface area contributed by atoms with Gasteiger partial charge in [-0.15, -0.1) is 0 Å². The first-order valence-corrected chi connectivity index (χ1v) is 7.15. The maximum atomic E-state index is 11.5. The fourth-order valence-corrected chi connectivity index (χ4v) is 2.05. The molecule has 0 aromatic carbocycles. The van der Waals surface area contributed by atoms with Crippen LogP contribution in [0.4, 0.5) is 4.79 Å². The number of esters is 1. The molecule has 0 saturated heterocycles. The number of hydrogen-bond donors (Lipinski definition) is 3. The van der Waals surface area contributed by atoms with Crippen LogP contribution in [0.25, 0.3) is 0 Å². The number of methoxy groups -OCH3 is 1. The molecule has 2 unspecified atom stereocenters. The maximum Gasteiger partial charge on any atom is 0.326 e. The van der Waals surface area contributed by atoms with E-state index in [-0.39, 0.29) is 11.8 Å². The van der Waals surface area contributed by atoms with Crippen molar-refractivity contribution in [1.29, 1.82) is 0 Å². The number of amides is 2. The predicted octanol–water partition coefficient (Wildman–Crippen LogP) is -0.931. The molecule has 0 bridgehead atoms. The summed E-state index contributed by atoms with van der Waals surface area (Å²) < 4.78 is 15.3. The number of ether oxygens (including phenoxy) is 1. The molecule has 8 nitrogen and oxygen atoms in total. The van der Waals surface area contributed by atoms with Crippen LogP contribution in [0.15, 0.2) is 0 Å². The number of rotatable bonds is 7. The van der Waals surface area contributed by atoms with Crippen LogP contribution in [0, 0.1) is 0 Å². The van der Waals surface area contributed by atoms with E-state index in [2.05, 4.69) is 15.4 Å². The number of carboxylic acid groups (broad SMARTS) is 1. The zero-order valence-corrected chi connectivity index (χ0v) is 11.8. The fourth-order valence-electron chi connectivity index (χ4n) is 1.27. The first-order valence-electron chi connectivity index (χ1n) is 5.43. The Bertz CT molecular complexity index is 373. The highest BCUT2D eigenvalue weighted by Crippen LogP contribution is 1.95. The molecular weight excluding hydrogens is 276 g/mol. The number of carboxylic acids is 1. The van der Waals surface area contributed by atoms with Gasteiger partial charge in [0.15, 0.2) is 0 Å². The van der Waals surface area contributed by atoms with Crippen LogP contribution in [0.5, 0.6) is 0 Å². The van der Waals surface area contributed by atoms with E-state index in [0.717, 1.165) is 7.11 Å². The van der Waals surface area contributed by atoms with Crippen molar-refractivity contribution in [2.24, 2.45) is 0 Å². The minimum absolute atomic E-state index is 0.252. The van der Waals surface area contributed by atoms with Crippen molar-refractivity contribution in [3.63, 3.8) is 0 Å². The Morgan fingerprint density at radius 1 is 1.32 bits per heavy atom. The summed E-state index contributed by atoms with van der Waals surface area (Å²) in [6, 6.07) is -2.49. The van der Waals surface area contributed by atoms with E-state index in [4.69, 9.17) is 5.11 Å². The van der Waals surface area contributed by atoms with Crippen molar-refractivity contribution in [2.75, 3.05) is 19.1 Å². The van der Waals surface area contributed by atoms with E-state index >= 15 is 0 Å². The van der Waals surface area contributed by atoms with Crippen molar-refractivity contribution in [2.45, 2.75) is 25.4 Å². The SMILES string of the molecule is COC(=O)C[C@H](NC(=O)NC(C)CS(C)=O)C(=O)O. The Balaban J connectivity index is 4.35. The van der Waals surface area contributed by atoms with Gasteiger partial charge in [-0.2, -0.15) is 0 Å². The lowest BCUT2D eigenvalue weighted by Gasteiger charge is -2.17. The molecule has 110 valence electrons. The molecule has 0 rings (SSSR count). The van der Waals surface area contributed by atoms with Crippen LogP contribution >= 0.6 is 0 Å². The Hall–Kier alpha value is -1.64. The Morgan fingerprint density at radius 3 is 2.32 bits per heavy atom. The number of aliphatic carboxylic acids is 1. The summed E-state index contributed by atoms with van der Waals surface area (Å²) in [6.45, 7) is 1.64. The number of hydrogen-bond acceptors (Lipinski definition) is 5. The summed E-state index contributed by atoms with van der Waals surface area (Å²) in [5.74, 6) is -1.83. The number of nitrogens with one attached hydrogen (secondary N) is 2. The van der Waals surface area contributed by atoms with Crippen LogP contribution in [0.2, 0.25) is 0 Å². The van der Waals surface area contributed by atoms with Crippen molar-refractivity contribution in [3.05, 3.63) is 0 Å². The van der Waals surface area contributed by atoms with Gasteiger partial charge in [0.05, 0.1) is 13.5 Å². The summed E-state index contributed by atoms with van der Waals surface area (Å²) in [4.78, 5) is 33.3. The average Bonchev–Trinajstić information content (AvgIpc) is 2.26. The maximum absolute atomic E-state index is 11.5. The lowest BCUT2D eigenvalue weighted by Crippen LogP contribution is -2.50. The van der Waals surface area contributed by atoms with E-state index in [9.17, 15) is 18.6 Å². The van der Waals surface area contributed by atoms with Crippen LogP contribution in [-0.2, 0) is 25.1 Å². The van der Waals surface area contributed by atoms with Crippen molar-refractivity contribution in [3.8, 4) is 0 Å². The zero-order chi connectivity index (χ0) is 15.0. The summed E-state index contributed by atoms with van der Waals surface area (Å²) in [5, 5.41) is 13.4. The Labute approximate surface area is 113 Å². The van der Waals surface area contributed by atoms with Crippen LogP contribution in [0.3, 0.4) is 0 Å². The number of carbonyl (C=O) groups excluding carboxylic acids is 2. The van der Waals surface area contributed by atoms with Gasteiger partial charge in [0.2, 0.25) is 0 Å². The summed E-state index contributed by atoms with van der Waals surface area (Å²) in [7, 11) is 0.0479. The third kappa shape index (κ3) is 8.14. The van der Waals surface area contributed by atoms with Crippen LogP contribution < -0.4 is 10.6 Å². The third-order valence-corrected chi connectivity index (χ3v) is 3.03. The standard InChI is InChI=1S/C10H18N2O6S/c1-6(5-19(3)17)11-10(16)12-7(9(14)15)4-8(13)18-2/h6-7H,4-5H2,1-3H3,(H,14,15)(H2,11,12,16)/t6?,7-,19?/m0/s1. The quantitative estimate of drug-likeness (QED) is 0.521. The molecule has 0 aliphatic carbocycles. The minimum Gasteiger partial charge on any atom is -0.480 e. The smallest absolute Gasteiger partial charge is 0.326 e. The predicted molar refractivity (Wildman–Crippen MR) is 68.1 cm³/mol. The minimum atomic E-state index is -1.37. The molecule has 0 aromatic heterocycles. The Morgan fingerprint density at radius 2 is 1.89 bits per heavy atom. The van der Waals surface area contributed by atoms with Gasteiger partial charge in [0, 0.05) is 28.9 Å². The second-order valence-corrected chi connectivity index (χ2v) is 5.41. The molecule has 0 spiro atoms. The van der Waals surface area contributed by atoms with Gasteiger partial charge in [0.25, 0.3) is 0 Å². The zero-order valence-electron chi connectivity index (χ0n) is 11.0.